The number of aromatic nitrogens is 1. The van der Waals surface area contributed by atoms with Crippen LogP contribution in [0.5, 0.6) is 11.5 Å². The molecule has 0 radical (unpaired) electrons. The van der Waals surface area contributed by atoms with Crippen LogP contribution < -0.4 is 9.64 Å². The number of hydrogen-bond acceptors (Lipinski definition) is 2. The van der Waals surface area contributed by atoms with Gasteiger partial charge in [0.15, 0.2) is 11.5 Å². The van der Waals surface area contributed by atoms with Crippen molar-refractivity contribution >= 4 is 27.5 Å². The molecule has 3 aliphatic rings. The van der Waals surface area contributed by atoms with Crippen LogP contribution in [0.4, 0.5) is 5.69 Å². The maximum absolute atomic E-state index is 6.42. The number of benzene rings is 6. The molecule has 3 nitrogen and oxygen atoms in total. The highest BCUT2D eigenvalue weighted by Gasteiger charge is 2.34. The molecule has 2 saturated carbocycles. The van der Waals surface area contributed by atoms with Gasteiger partial charge in [-0.1, -0.05) is 109 Å². The molecule has 2 heterocycles. The first kappa shape index (κ1) is 30.5. The summed E-state index contributed by atoms with van der Waals surface area (Å²) in [6, 6.07) is 54.9. The monoisotopic (exact) mass is 664 g/mol. The van der Waals surface area contributed by atoms with Gasteiger partial charge in [-0.25, -0.2) is 0 Å². The molecule has 2 aliphatic carbocycles. The van der Waals surface area contributed by atoms with E-state index in [1.165, 1.54) is 95.6 Å². The Balaban J connectivity index is 0.994. The Bertz CT molecular complexity index is 2250. The highest BCUT2D eigenvalue weighted by molar-refractivity contribution is 6.17. The lowest BCUT2D eigenvalue weighted by molar-refractivity contribution is 0.310. The number of hydrogen-bond donors (Lipinski definition) is 0. The molecule has 0 amide bonds. The summed E-state index contributed by atoms with van der Waals surface area (Å²) in [5.74, 6) is 3.18. The molecule has 1 aliphatic heterocycles. The van der Waals surface area contributed by atoms with E-state index in [0.29, 0.717) is 23.9 Å². The summed E-state index contributed by atoms with van der Waals surface area (Å²) >= 11 is 0. The summed E-state index contributed by atoms with van der Waals surface area (Å²) in [5, 5.41) is 2.53. The third-order valence-corrected chi connectivity index (χ3v) is 12.3. The average Bonchev–Trinajstić information content (AvgIpc) is 3.56. The van der Waals surface area contributed by atoms with E-state index in [9.17, 15) is 0 Å². The molecule has 51 heavy (non-hydrogen) atoms. The topological polar surface area (TPSA) is 17.4 Å². The number of ether oxygens (including phenoxy) is 1. The maximum atomic E-state index is 6.42. The Kier molecular flexibility index (Phi) is 7.66. The average molecular weight is 665 g/mol. The zero-order valence-electron chi connectivity index (χ0n) is 29.1. The van der Waals surface area contributed by atoms with Crippen molar-refractivity contribution in [2.75, 3.05) is 4.90 Å². The van der Waals surface area contributed by atoms with Crippen LogP contribution >= 0.6 is 0 Å². The fourth-order valence-electron chi connectivity index (χ4n) is 9.86. The Morgan fingerprint density at radius 3 is 1.71 bits per heavy atom. The molecule has 10 rings (SSSR count). The van der Waals surface area contributed by atoms with Crippen LogP contribution in [-0.4, -0.2) is 16.7 Å². The number of rotatable bonds is 6. The Labute approximate surface area is 301 Å². The lowest BCUT2D eigenvalue weighted by Gasteiger charge is -2.45. The molecule has 0 atom stereocenters. The fraction of sp³-hybridized carbons (Fsp3) is 0.250. The number of para-hydroxylation sites is 3. The highest BCUT2D eigenvalue weighted by Crippen LogP contribution is 2.48. The lowest BCUT2D eigenvalue weighted by atomic mass is 9.78. The second kappa shape index (κ2) is 12.8. The van der Waals surface area contributed by atoms with Crippen molar-refractivity contribution in [1.29, 1.82) is 0 Å². The first-order valence-electron chi connectivity index (χ1n) is 19.1. The molecule has 7 aromatic rings. The van der Waals surface area contributed by atoms with Gasteiger partial charge in [-0.05, 0) is 122 Å². The van der Waals surface area contributed by atoms with Crippen LogP contribution in [-0.2, 0) is 0 Å². The van der Waals surface area contributed by atoms with E-state index in [2.05, 4.69) is 155 Å². The molecule has 0 N–H and O–H groups in total. The van der Waals surface area contributed by atoms with Crippen molar-refractivity contribution in [3.8, 4) is 28.3 Å². The second-order valence-electron chi connectivity index (χ2n) is 15.0. The molecule has 0 spiro atoms. The summed E-state index contributed by atoms with van der Waals surface area (Å²) in [4.78, 5) is 2.88. The Morgan fingerprint density at radius 1 is 0.490 bits per heavy atom. The van der Waals surface area contributed by atoms with Gasteiger partial charge in [0, 0.05) is 28.5 Å². The van der Waals surface area contributed by atoms with Gasteiger partial charge in [0.05, 0.1) is 16.7 Å². The third-order valence-electron chi connectivity index (χ3n) is 12.3. The van der Waals surface area contributed by atoms with Crippen LogP contribution in [0, 0.1) is 0 Å². The molecular weight excluding hydrogens is 621 g/mol. The minimum atomic E-state index is 0.579. The SMILES string of the molecule is c1ccc(C2CCC(N(c3ccc(-c4cccc5c4c4cccc6c4n5-c4ccccc4O6)cc3)C3CCC(c4ccccc4)CC3)CC2)cc1. The Hall–Kier alpha value is -5.28. The van der Waals surface area contributed by atoms with Crippen LogP contribution in [0.3, 0.4) is 0 Å². The van der Waals surface area contributed by atoms with Crippen molar-refractivity contribution in [3.05, 3.63) is 157 Å². The van der Waals surface area contributed by atoms with Gasteiger partial charge in [-0.2, -0.15) is 0 Å². The number of anilines is 1. The maximum Gasteiger partial charge on any atom is 0.152 e. The molecule has 2 fully saturated rings. The number of fused-ring (bicyclic) bond motifs is 5. The summed E-state index contributed by atoms with van der Waals surface area (Å²) < 4.78 is 8.82. The minimum absolute atomic E-state index is 0.579. The molecule has 252 valence electrons. The van der Waals surface area contributed by atoms with Crippen LogP contribution in [0.2, 0.25) is 0 Å². The first-order chi connectivity index (χ1) is 25.3. The smallest absolute Gasteiger partial charge is 0.152 e. The predicted molar refractivity (Wildman–Crippen MR) is 212 cm³/mol. The van der Waals surface area contributed by atoms with Gasteiger partial charge in [0.1, 0.15) is 0 Å². The number of nitrogens with zero attached hydrogens (tertiary/aromatic N) is 2. The standard InChI is InChI=1S/C48H44N2O/c1-3-11-33(12-4-1)35-21-27-38(28-22-35)49(39-29-23-36(24-30-39)34-13-5-2-6-14-34)40-31-25-37(26-32-40)41-15-9-18-44-47(41)42-16-10-20-46-48(42)50(44)43-17-7-8-19-45(43)51-46/h1-20,25-26,31-32,35-36,38-39H,21-24,27-30H2. The molecule has 3 heteroatoms. The second-order valence-corrected chi connectivity index (χ2v) is 15.0. The first-order valence-corrected chi connectivity index (χ1v) is 19.1. The summed E-state index contributed by atoms with van der Waals surface area (Å²) in [6.45, 7) is 0. The molecule has 1 aromatic heterocycles. The molecule has 6 aromatic carbocycles. The minimum Gasteiger partial charge on any atom is -0.453 e. The van der Waals surface area contributed by atoms with E-state index in [1.54, 1.807) is 0 Å². The van der Waals surface area contributed by atoms with Gasteiger partial charge >= 0.3 is 0 Å². The molecule has 0 bridgehead atoms. The summed E-state index contributed by atoms with van der Waals surface area (Å²) in [7, 11) is 0. The highest BCUT2D eigenvalue weighted by atomic mass is 16.5. The van der Waals surface area contributed by atoms with E-state index in [4.69, 9.17) is 4.74 Å². The largest absolute Gasteiger partial charge is 0.453 e. The summed E-state index contributed by atoms with van der Waals surface area (Å²) in [6.07, 6.45) is 10.1. The van der Waals surface area contributed by atoms with Gasteiger partial charge < -0.3 is 14.2 Å². The molecular formula is C48H44N2O. The quantitative estimate of drug-likeness (QED) is 0.176. The van der Waals surface area contributed by atoms with Crippen LogP contribution in [0.25, 0.3) is 38.6 Å². The van der Waals surface area contributed by atoms with Gasteiger partial charge in [0.2, 0.25) is 0 Å². The van der Waals surface area contributed by atoms with E-state index >= 15 is 0 Å². The van der Waals surface area contributed by atoms with Crippen LogP contribution in [0.15, 0.2) is 146 Å². The van der Waals surface area contributed by atoms with Crippen molar-refractivity contribution < 1.29 is 4.74 Å². The van der Waals surface area contributed by atoms with Crippen LogP contribution in [0.1, 0.15) is 74.3 Å². The van der Waals surface area contributed by atoms with E-state index in [-0.39, 0.29) is 0 Å². The lowest BCUT2D eigenvalue weighted by Crippen LogP contribution is -2.46. The molecule has 0 unspecified atom stereocenters. The molecule has 0 saturated heterocycles. The zero-order valence-corrected chi connectivity index (χ0v) is 29.1. The third kappa shape index (κ3) is 5.33. The Morgan fingerprint density at radius 2 is 1.06 bits per heavy atom. The zero-order chi connectivity index (χ0) is 33.7. The van der Waals surface area contributed by atoms with Gasteiger partial charge in [0.25, 0.3) is 0 Å². The van der Waals surface area contributed by atoms with Gasteiger partial charge in [-0.3, -0.25) is 0 Å². The van der Waals surface area contributed by atoms with Crippen molar-refractivity contribution in [2.24, 2.45) is 0 Å². The van der Waals surface area contributed by atoms with Crippen molar-refractivity contribution in [1.82, 2.24) is 4.57 Å². The predicted octanol–water partition coefficient (Wildman–Crippen LogP) is 12.8. The van der Waals surface area contributed by atoms with E-state index < -0.39 is 0 Å². The van der Waals surface area contributed by atoms with Gasteiger partial charge in [-0.15, -0.1) is 0 Å². The fourth-order valence-corrected chi connectivity index (χ4v) is 9.86. The normalized spacial score (nSPS) is 21.3. The van der Waals surface area contributed by atoms with Crippen molar-refractivity contribution in [2.45, 2.75) is 75.3 Å². The summed E-state index contributed by atoms with van der Waals surface area (Å²) in [5.41, 5.74) is 10.4. The van der Waals surface area contributed by atoms with E-state index in [1.807, 2.05) is 0 Å². The van der Waals surface area contributed by atoms with Crippen molar-refractivity contribution in [3.63, 3.8) is 0 Å². The van der Waals surface area contributed by atoms with E-state index in [0.717, 1.165) is 22.7 Å².